The Labute approximate surface area is 117 Å². The van der Waals surface area contributed by atoms with Crippen LogP contribution in [0, 0.1) is 5.92 Å². The second-order valence-electron chi connectivity index (χ2n) is 5.13. The smallest absolute Gasteiger partial charge is 0.193 e. The zero-order valence-electron chi connectivity index (χ0n) is 11.4. The molecule has 5 heteroatoms. The molecule has 2 atom stereocenters. The van der Waals surface area contributed by atoms with Gasteiger partial charge in [0.05, 0.1) is 6.54 Å². The van der Waals surface area contributed by atoms with Gasteiger partial charge >= 0.3 is 0 Å². The SMILES string of the molecule is CN=C(NC1CC1C)N(C)Cc1cc(Br)cn1C. The molecular formula is C13H21BrN4. The Morgan fingerprint density at radius 3 is 2.78 bits per heavy atom. The van der Waals surface area contributed by atoms with Gasteiger partial charge in [0.1, 0.15) is 0 Å². The minimum Gasteiger partial charge on any atom is -0.353 e. The van der Waals surface area contributed by atoms with Gasteiger partial charge in [-0.2, -0.15) is 0 Å². The molecule has 1 aromatic heterocycles. The molecule has 1 aromatic rings. The molecule has 0 bridgehead atoms. The third-order valence-corrected chi connectivity index (χ3v) is 3.90. The van der Waals surface area contributed by atoms with Crippen LogP contribution in [-0.4, -0.2) is 35.6 Å². The van der Waals surface area contributed by atoms with Crippen LogP contribution in [0.4, 0.5) is 0 Å². The summed E-state index contributed by atoms with van der Waals surface area (Å²) >= 11 is 3.50. The summed E-state index contributed by atoms with van der Waals surface area (Å²) in [5.41, 5.74) is 1.26. The molecular weight excluding hydrogens is 292 g/mol. The topological polar surface area (TPSA) is 32.6 Å². The summed E-state index contributed by atoms with van der Waals surface area (Å²) in [6, 6.07) is 2.75. The Balaban J connectivity index is 1.97. The highest BCUT2D eigenvalue weighted by atomic mass is 79.9. The largest absolute Gasteiger partial charge is 0.353 e. The van der Waals surface area contributed by atoms with Gasteiger partial charge in [0.15, 0.2) is 5.96 Å². The van der Waals surface area contributed by atoms with Crippen molar-refractivity contribution in [1.29, 1.82) is 0 Å². The normalized spacial score (nSPS) is 23.1. The second-order valence-corrected chi connectivity index (χ2v) is 6.04. The van der Waals surface area contributed by atoms with E-state index in [9.17, 15) is 0 Å². The Morgan fingerprint density at radius 2 is 2.33 bits per heavy atom. The van der Waals surface area contributed by atoms with Crippen molar-refractivity contribution in [2.75, 3.05) is 14.1 Å². The molecule has 100 valence electrons. The van der Waals surface area contributed by atoms with Gasteiger partial charge in [-0.3, -0.25) is 4.99 Å². The average molecular weight is 313 g/mol. The van der Waals surface area contributed by atoms with Gasteiger partial charge in [-0.25, -0.2) is 0 Å². The number of guanidine groups is 1. The van der Waals surface area contributed by atoms with E-state index in [4.69, 9.17) is 0 Å². The van der Waals surface area contributed by atoms with E-state index < -0.39 is 0 Å². The summed E-state index contributed by atoms with van der Waals surface area (Å²) in [7, 11) is 5.98. The number of halogens is 1. The maximum atomic E-state index is 4.35. The zero-order chi connectivity index (χ0) is 13.3. The maximum absolute atomic E-state index is 4.35. The van der Waals surface area contributed by atoms with E-state index in [2.05, 4.69) is 69.0 Å². The maximum Gasteiger partial charge on any atom is 0.193 e. The minimum absolute atomic E-state index is 0.603. The van der Waals surface area contributed by atoms with E-state index in [1.54, 1.807) is 0 Å². The first-order chi connectivity index (χ1) is 8.51. The predicted molar refractivity (Wildman–Crippen MR) is 78.6 cm³/mol. The summed E-state index contributed by atoms with van der Waals surface area (Å²) in [6.07, 6.45) is 3.32. The Kier molecular flexibility index (Phi) is 4.00. The molecule has 1 N–H and O–H groups in total. The predicted octanol–water partition coefficient (Wildman–Crippen LogP) is 2.20. The zero-order valence-corrected chi connectivity index (χ0v) is 13.0. The van der Waals surface area contributed by atoms with Gasteiger partial charge in [-0.15, -0.1) is 0 Å². The lowest BCUT2D eigenvalue weighted by Crippen LogP contribution is -2.40. The fraction of sp³-hybridized carbons (Fsp3) is 0.615. The third kappa shape index (κ3) is 3.07. The highest BCUT2D eigenvalue weighted by Crippen LogP contribution is 2.29. The number of rotatable bonds is 3. The number of nitrogens with zero attached hydrogens (tertiary/aromatic N) is 3. The molecule has 0 saturated heterocycles. The van der Waals surface area contributed by atoms with Crippen LogP contribution in [0.2, 0.25) is 0 Å². The molecule has 1 saturated carbocycles. The van der Waals surface area contributed by atoms with Crippen molar-refractivity contribution < 1.29 is 0 Å². The van der Waals surface area contributed by atoms with Gasteiger partial charge in [0, 0.05) is 43.5 Å². The summed E-state index contributed by atoms with van der Waals surface area (Å²) in [4.78, 5) is 6.51. The third-order valence-electron chi connectivity index (χ3n) is 3.47. The molecule has 1 aliphatic rings. The molecule has 1 fully saturated rings. The summed E-state index contributed by atoms with van der Waals surface area (Å²) in [5, 5.41) is 3.49. The highest BCUT2D eigenvalue weighted by molar-refractivity contribution is 9.10. The van der Waals surface area contributed by atoms with Gasteiger partial charge in [0.2, 0.25) is 0 Å². The molecule has 1 aliphatic carbocycles. The Hall–Kier alpha value is -0.970. The van der Waals surface area contributed by atoms with Crippen LogP contribution in [-0.2, 0) is 13.6 Å². The first-order valence-electron chi connectivity index (χ1n) is 6.26. The Bertz CT molecular complexity index is 452. The van der Waals surface area contributed by atoms with Crippen molar-refractivity contribution in [3.63, 3.8) is 0 Å². The molecule has 2 rings (SSSR count). The van der Waals surface area contributed by atoms with Gasteiger partial charge in [0.25, 0.3) is 0 Å². The fourth-order valence-corrected chi connectivity index (χ4v) is 2.65. The van der Waals surface area contributed by atoms with Crippen LogP contribution < -0.4 is 5.32 Å². The highest BCUT2D eigenvalue weighted by Gasteiger charge is 2.33. The Morgan fingerprint density at radius 1 is 1.67 bits per heavy atom. The van der Waals surface area contributed by atoms with Crippen molar-refractivity contribution in [2.24, 2.45) is 18.0 Å². The first kappa shape index (κ1) is 13.5. The molecule has 2 unspecified atom stereocenters. The number of aliphatic imine (C=N–C) groups is 1. The van der Waals surface area contributed by atoms with Crippen molar-refractivity contribution in [1.82, 2.24) is 14.8 Å². The lowest BCUT2D eigenvalue weighted by Gasteiger charge is -2.22. The number of aromatic nitrogens is 1. The lowest BCUT2D eigenvalue weighted by molar-refractivity contribution is 0.460. The van der Waals surface area contributed by atoms with Crippen molar-refractivity contribution in [3.8, 4) is 0 Å². The van der Waals surface area contributed by atoms with Gasteiger partial charge < -0.3 is 14.8 Å². The fourth-order valence-electron chi connectivity index (χ4n) is 2.08. The van der Waals surface area contributed by atoms with E-state index in [0.717, 1.165) is 22.9 Å². The van der Waals surface area contributed by atoms with Crippen molar-refractivity contribution in [2.45, 2.75) is 25.9 Å². The standard InChI is InChI=1S/C13H21BrN4/c1-9-5-12(9)16-13(15-2)18(4)8-11-6-10(14)7-17(11)3/h6-7,9,12H,5,8H2,1-4H3,(H,15,16). The van der Waals surface area contributed by atoms with Crippen LogP contribution in [0.5, 0.6) is 0 Å². The number of aryl methyl sites for hydroxylation is 1. The van der Waals surface area contributed by atoms with Crippen LogP contribution in [0.3, 0.4) is 0 Å². The first-order valence-corrected chi connectivity index (χ1v) is 7.05. The monoisotopic (exact) mass is 312 g/mol. The van der Waals surface area contributed by atoms with Crippen molar-refractivity contribution >= 4 is 21.9 Å². The molecule has 4 nitrogen and oxygen atoms in total. The molecule has 1 heterocycles. The molecule has 0 amide bonds. The quantitative estimate of drug-likeness (QED) is 0.685. The van der Waals surface area contributed by atoms with Gasteiger partial charge in [-0.05, 0) is 34.3 Å². The summed E-state index contributed by atoms with van der Waals surface area (Å²) in [5.74, 6) is 1.75. The molecule has 18 heavy (non-hydrogen) atoms. The minimum atomic E-state index is 0.603. The second kappa shape index (κ2) is 5.34. The van der Waals surface area contributed by atoms with E-state index in [0.29, 0.717) is 6.04 Å². The number of hydrogen-bond acceptors (Lipinski definition) is 1. The molecule has 0 spiro atoms. The molecule has 0 radical (unpaired) electrons. The summed E-state index contributed by atoms with van der Waals surface area (Å²) < 4.78 is 3.25. The van der Waals surface area contributed by atoms with E-state index in [-0.39, 0.29) is 0 Å². The van der Waals surface area contributed by atoms with E-state index >= 15 is 0 Å². The average Bonchev–Trinajstić information content (AvgIpc) is 2.90. The molecule has 0 aliphatic heterocycles. The summed E-state index contributed by atoms with van der Waals surface area (Å²) in [6.45, 7) is 3.11. The van der Waals surface area contributed by atoms with Crippen molar-refractivity contribution in [3.05, 3.63) is 22.4 Å². The lowest BCUT2D eigenvalue weighted by atomic mass is 10.4. The number of hydrogen-bond donors (Lipinski definition) is 1. The van der Waals surface area contributed by atoms with Crippen LogP contribution >= 0.6 is 15.9 Å². The number of nitrogens with one attached hydrogen (secondary N) is 1. The van der Waals surface area contributed by atoms with E-state index in [1.807, 2.05) is 7.05 Å². The van der Waals surface area contributed by atoms with E-state index in [1.165, 1.54) is 12.1 Å². The van der Waals surface area contributed by atoms with Crippen LogP contribution in [0.25, 0.3) is 0 Å². The van der Waals surface area contributed by atoms with Crippen LogP contribution in [0.15, 0.2) is 21.7 Å². The van der Waals surface area contributed by atoms with Gasteiger partial charge in [-0.1, -0.05) is 6.92 Å². The van der Waals surface area contributed by atoms with Crippen LogP contribution in [0.1, 0.15) is 19.0 Å². The molecule has 0 aromatic carbocycles.